The third-order valence-electron chi connectivity index (χ3n) is 3.08. The Balaban J connectivity index is 2.74. The molecule has 0 bridgehead atoms. The minimum Gasteiger partial charge on any atom is -0.313 e. The summed E-state index contributed by atoms with van der Waals surface area (Å²) < 4.78 is 1.94. The maximum atomic E-state index is 4.48. The lowest BCUT2D eigenvalue weighted by molar-refractivity contribution is 0.656. The molecule has 2 aromatic rings. The first-order valence-electron chi connectivity index (χ1n) is 5.24. The lowest BCUT2D eigenvalue weighted by Gasteiger charge is -2.11. The minimum atomic E-state index is 0.358. The summed E-state index contributed by atoms with van der Waals surface area (Å²) in [6.07, 6.45) is 0. The van der Waals surface area contributed by atoms with Crippen LogP contribution in [-0.4, -0.2) is 16.8 Å². The van der Waals surface area contributed by atoms with Crippen LogP contribution < -0.4 is 5.32 Å². The average Bonchev–Trinajstić information content (AvgIpc) is 2.54. The second-order valence-electron chi connectivity index (χ2n) is 3.96. The maximum absolute atomic E-state index is 4.48. The van der Waals surface area contributed by atoms with Crippen molar-refractivity contribution in [2.75, 3.05) is 7.05 Å². The van der Waals surface area contributed by atoms with Crippen molar-refractivity contribution in [3.63, 3.8) is 0 Å². The van der Waals surface area contributed by atoms with Crippen molar-refractivity contribution in [1.29, 1.82) is 0 Å². The van der Waals surface area contributed by atoms with E-state index in [1.807, 2.05) is 18.8 Å². The standard InChI is InChI=1S/C12H17N3/c1-8(13-3)10-6-5-7-11-12(10)9(2)15(4)14-11/h5-8,13H,1-4H3. The number of hydrogen-bond acceptors (Lipinski definition) is 2. The Kier molecular flexibility index (Phi) is 2.49. The zero-order valence-electron chi connectivity index (χ0n) is 9.70. The Morgan fingerprint density at radius 3 is 2.80 bits per heavy atom. The zero-order valence-corrected chi connectivity index (χ0v) is 9.70. The van der Waals surface area contributed by atoms with Crippen LogP contribution in [0.3, 0.4) is 0 Å². The molecule has 0 saturated heterocycles. The van der Waals surface area contributed by atoms with Crippen molar-refractivity contribution in [2.24, 2.45) is 7.05 Å². The summed E-state index contributed by atoms with van der Waals surface area (Å²) in [4.78, 5) is 0. The van der Waals surface area contributed by atoms with Gasteiger partial charge in [0.05, 0.1) is 5.52 Å². The largest absolute Gasteiger partial charge is 0.313 e. The van der Waals surface area contributed by atoms with Crippen LogP contribution in [0, 0.1) is 6.92 Å². The van der Waals surface area contributed by atoms with Crippen LogP contribution in [0.25, 0.3) is 10.9 Å². The Morgan fingerprint density at radius 1 is 1.40 bits per heavy atom. The van der Waals surface area contributed by atoms with Gasteiger partial charge in [-0.1, -0.05) is 12.1 Å². The summed E-state index contributed by atoms with van der Waals surface area (Å²) in [6, 6.07) is 6.65. The molecule has 1 aromatic carbocycles. The molecule has 0 fully saturated rings. The fourth-order valence-electron chi connectivity index (χ4n) is 1.95. The van der Waals surface area contributed by atoms with Crippen LogP contribution in [0.2, 0.25) is 0 Å². The molecule has 0 amide bonds. The molecule has 1 atom stereocenters. The molecular formula is C12H17N3. The van der Waals surface area contributed by atoms with Gasteiger partial charge in [-0.05, 0) is 32.5 Å². The van der Waals surface area contributed by atoms with Crippen LogP contribution in [0.4, 0.5) is 0 Å². The lowest BCUT2D eigenvalue weighted by atomic mass is 10.0. The van der Waals surface area contributed by atoms with Crippen molar-refractivity contribution in [3.8, 4) is 0 Å². The molecule has 0 aliphatic heterocycles. The van der Waals surface area contributed by atoms with Crippen molar-refractivity contribution in [3.05, 3.63) is 29.5 Å². The van der Waals surface area contributed by atoms with E-state index in [2.05, 4.69) is 42.5 Å². The summed E-state index contributed by atoms with van der Waals surface area (Å²) in [5.74, 6) is 0. The molecule has 0 spiro atoms. The van der Waals surface area contributed by atoms with Gasteiger partial charge >= 0.3 is 0 Å². The monoisotopic (exact) mass is 203 g/mol. The third-order valence-corrected chi connectivity index (χ3v) is 3.08. The van der Waals surface area contributed by atoms with Crippen molar-refractivity contribution in [2.45, 2.75) is 19.9 Å². The summed E-state index contributed by atoms with van der Waals surface area (Å²) in [6.45, 7) is 4.28. The quantitative estimate of drug-likeness (QED) is 0.810. The molecule has 15 heavy (non-hydrogen) atoms. The summed E-state index contributed by atoms with van der Waals surface area (Å²) in [5.41, 5.74) is 3.62. The lowest BCUT2D eigenvalue weighted by Crippen LogP contribution is -2.12. The molecule has 3 nitrogen and oxygen atoms in total. The van der Waals surface area contributed by atoms with Gasteiger partial charge in [0.25, 0.3) is 0 Å². The second-order valence-corrected chi connectivity index (χ2v) is 3.96. The summed E-state index contributed by atoms with van der Waals surface area (Å²) in [7, 11) is 3.97. The number of rotatable bonds is 2. The summed E-state index contributed by atoms with van der Waals surface area (Å²) >= 11 is 0. The van der Waals surface area contributed by atoms with Gasteiger partial charge < -0.3 is 5.32 Å². The molecule has 0 saturated carbocycles. The predicted molar refractivity (Wildman–Crippen MR) is 62.9 cm³/mol. The number of nitrogens with zero attached hydrogens (tertiary/aromatic N) is 2. The van der Waals surface area contributed by atoms with Crippen molar-refractivity contribution in [1.82, 2.24) is 15.1 Å². The topological polar surface area (TPSA) is 29.9 Å². The number of hydrogen-bond donors (Lipinski definition) is 1. The maximum Gasteiger partial charge on any atom is 0.0929 e. The Bertz CT molecular complexity index is 485. The van der Waals surface area contributed by atoms with Gasteiger partial charge in [0, 0.05) is 24.2 Å². The van der Waals surface area contributed by atoms with Gasteiger partial charge in [0.1, 0.15) is 0 Å². The van der Waals surface area contributed by atoms with Crippen LogP contribution in [0.15, 0.2) is 18.2 Å². The highest BCUT2D eigenvalue weighted by atomic mass is 15.3. The van der Waals surface area contributed by atoms with Crippen LogP contribution in [0.1, 0.15) is 24.2 Å². The fourth-order valence-corrected chi connectivity index (χ4v) is 1.95. The molecule has 1 unspecified atom stereocenters. The van der Waals surface area contributed by atoms with Crippen molar-refractivity contribution < 1.29 is 0 Å². The highest BCUT2D eigenvalue weighted by molar-refractivity contribution is 5.85. The number of benzene rings is 1. The third kappa shape index (κ3) is 1.53. The van der Waals surface area contributed by atoms with E-state index in [1.54, 1.807) is 0 Å². The first kappa shape index (κ1) is 10.2. The van der Waals surface area contributed by atoms with E-state index in [0.29, 0.717) is 6.04 Å². The molecule has 0 aliphatic carbocycles. The predicted octanol–water partition coefficient (Wildman–Crippen LogP) is 2.16. The molecule has 1 N–H and O–H groups in total. The van der Waals surface area contributed by atoms with Gasteiger partial charge in [0.2, 0.25) is 0 Å². The molecule has 3 heteroatoms. The molecule has 1 aromatic heterocycles. The number of aromatic nitrogens is 2. The van der Waals surface area contributed by atoms with Crippen molar-refractivity contribution >= 4 is 10.9 Å². The van der Waals surface area contributed by atoms with Crippen LogP contribution >= 0.6 is 0 Å². The van der Waals surface area contributed by atoms with E-state index in [0.717, 1.165) is 5.52 Å². The molecule has 0 aliphatic rings. The number of nitrogens with one attached hydrogen (secondary N) is 1. The molecule has 0 radical (unpaired) electrons. The Labute approximate surface area is 90.1 Å². The Morgan fingerprint density at radius 2 is 2.13 bits per heavy atom. The highest BCUT2D eigenvalue weighted by Gasteiger charge is 2.12. The fraction of sp³-hybridized carbons (Fsp3) is 0.417. The van der Waals surface area contributed by atoms with Gasteiger partial charge in [0.15, 0.2) is 0 Å². The normalized spacial score (nSPS) is 13.3. The van der Waals surface area contributed by atoms with E-state index in [4.69, 9.17) is 0 Å². The summed E-state index contributed by atoms with van der Waals surface area (Å²) in [5, 5.41) is 9.03. The molecule has 1 heterocycles. The van der Waals surface area contributed by atoms with Crippen LogP contribution in [-0.2, 0) is 7.05 Å². The average molecular weight is 203 g/mol. The van der Waals surface area contributed by atoms with Gasteiger partial charge in [-0.2, -0.15) is 5.10 Å². The molecular weight excluding hydrogens is 186 g/mol. The molecule has 80 valence electrons. The smallest absolute Gasteiger partial charge is 0.0929 e. The second kappa shape index (κ2) is 3.66. The van der Waals surface area contributed by atoms with Gasteiger partial charge in [-0.25, -0.2) is 0 Å². The minimum absolute atomic E-state index is 0.358. The van der Waals surface area contributed by atoms with E-state index in [1.165, 1.54) is 16.6 Å². The van der Waals surface area contributed by atoms with E-state index < -0.39 is 0 Å². The first-order chi connectivity index (χ1) is 7.15. The van der Waals surface area contributed by atoms with E-state index in [-0.39, 0.29) is 0 Å². The zero-order chi connectivity index (χ0) is 11.0. The number of fused-ring (bicyclic) bond motifs is 1. The van der Waals surface area contributed by atoms with E-state index in [9.17, 15) is 0 Å². The highest BCUT2D eigenvalue weighted by Crippen LogP contribution is 2.26. The van der Waals surface area contributed by atoms with Crippen LogP contribution in [0.5, 0.6) is 0 Å². The Hall–Kier alpha value is -1.35. The SMILES string of the molecule is CNC(C)c1cccc2nn(C)c(C)c12. The molecule has 2 rings (SSSR count). The van der Waals surface area contributed by atoms with Gasteiger partial charge in [-0.3, -0.25) is 4.68 Å². The van der Waals surface area contributed by atoms with Gasteiger partial charge in [-0.15, -0.1) is 0 Å². The first-order valence-corrected chi connectivity index (χ1v) is 5.24. The van der Waals surface area contributed by atoms with E-state index >= 15 is 0 Å². The number of aryl methyl sites for hydroxylation is 2.